The van der Waals surface area contributed by atoms with Gasteiger partial charge in [-0.15, -0.1) is 0 Å². The summed E-state index contributed by atoms with van der Waals surface area (Å²) in [4.78, 5) is 32.0. The second-order valence-electron chi connectivity index (χ2n) is 8.79. The Morgan fingerprint density at radius 1 is 1.16 bits per heavy atom. The highest BCUT2D eigenvalue weighted by Crippen LogP contribution is 2.23. The Morgan fingerprint density at radius 2 is 1.90 bits per heavy atom. The monoisotopic (exact) mass is 432 g/mol. The van der Waals surface area contributed by atoms with Crippen LogP contribution in [0.4, 0.5) is 4.39 Å². The third-order valence-corrected chi connectivity index (χ3v) is 6.92. The number of nitrogens with zero attached hydrogens (tertiary/aromatic N) is 3. The number of ether oxygens (including phenoxy) is 1. The van der Waals surface area contributed by atoms with E-state index in [-0.39, 0.29) is 30.6 Å². The predicted molar refractivity (Wildman–Crippen MR) is 115 cm³/mol. The molecule has 1 atom stereocenters. The number of methoxy groups -OCH3 is 1. The van der Waals surface area contributed by atoms with Crippen LogP contribution in [0, 0.1) is 5.82 Å². The fourth-order valence-electron chi connectivity index (χ4n) is 5.06. The summed E-state index contributed by atoms with van der Waals surface area (Å²) in [5, 5.41) is 2.86. The van der Waals surface area contributed by atoms with Crippen molar-refractivity contribution in [2.75, 3.05) is 46.4 Å². The van der Waals surface area contributed by atoms with Crippen molar-refractivity contribution in [3.05, 3.63) is 29.6 Å². The molecule has 0 aromatic heterocycles. The van der Waals surface area contributed by atoms with Crippen LogP contribution in [0.15, 0.2) is 18.2 Å². The number of halogens is 1. The molecule has 1 N–H and O–H groups in total. The Labute approximate surface area is 183 Å². The first kappa shape index (κ1) is 22.0. The molecule has 1 aromatic carbocycles. The van der Waals surface area contributed by atoms with E-state index in [1.54, 1.807) is 12.1 Å². The summed E-state index contributed by atoms with van der Waals surface area (Å²) < 4.78 is 19.5. The number of carbonyl (C=O) groups is 2. The molecular formula is C23H33FN4O3. The maximum Gasteiger partial charge on any atom is 0.237 e. The molecule has 0 bridgehead atoms. The molecule has 31 heavy (non-hydrogen) atoms. The fraction of sp³-hybridized carbons (Fsp3) is 0.652. The molecule has 1 aromatic rings. The summed E-state index contributed by atoms with van der Waals surface area (Å²) in [6.07, 6.45) is 4.70. The van der Waals surface area contributed by atoms with E-state index in [0.29, 0.717) is 30.4 Å². The molecule has 3 fully saturated rings. The van der Waals surface area contributed by atoms with Gasteiger partial charge in [0.2, 0.25) is 11.8 Å². The number of rotatable bonds is 6. The summed E-state index contributed by atoms with van der Waals surface area (Å²) in [6.45, 7) is 5.24. The van der Waals surface area contributed by atoms with Crippen LogP contribution in [0.25, 0.3) is 0 Å². The second kappa shape index (κ2) is 9.96. The van der Waals surface area contributed by atoms with Crippen molar-refractivity contribution < 1.29 is 18.7 Å². The third kappa shape index (κ3) is 5.18. The minimum atomic E-state index is -0.570. The molecule has 3 saturated heterocycles. The van der Waals surface area contributed by atoms with E-state index in [1.807, 2.05) is 9.80 Å². The zero-order valence-electron chi connectivity index (χ0n) is 18.3. The van der Waals surface area contributed by atoms with Crippen molar-refractivity contribution in [2.45, 2.75) is 50.7 Å². The van der Waals surface area contributed by atoms with Gasteiger partial charge in [-0.2, -0.15) is 0 Å². The first-order valence-corrected chi connectivity index (χ1v) is 11.4. The second-order valence-corrected chi connectivity index (χ2v) is 8.79. The van der Waals surface area contributed by atoms with Crippen LogP contribution in [0.2, 0.25) is 0 Å². The largest absolute Gasteiger partial charge is 0.497 e. The van der Waals surface area contributed by atoms with Crippen LogP contribution in [-0.4, -0.2) is 85.0 Å². The molecule has 0 aliphatic carbocycles. The van der Waals surface area contributed by atoms with Crippen molar-refractivity contribution in [1.29, 1.82) is 0 Å². The lowest BCUT2D eigenvalue weighted by Crippen LogP contribution is -2.56. The molecule has 3 aliphatic rings. The Hall–Kier alpha value is -2.19. The number of hydrogen-bond donors (Lipinski definition) is 1. The maximum absolute atomic E-state index is 14.4. The average Bonchev–Trinajstić information content (AvgIpc) is 3.32. The van der Waals surface area contributed by atoms with E-state index < -0.39 is 6.04 Å². The van der Waals surface area contributed by atoms with E-state index in [0.717, 1.165) is 25.9 Å². The van der Waals surface area contributed by atoms with E-state index >= 15 is 0 Å². The lowest BCUT2D eigenvalue weighted by Gasteiger charge is -2.39. The third-order valence-electron chi connectivity index (χ3n) is 6.92. The standard InChI is InChI=1S/C23H33FN4O3/c1-31-19-5-4-17(20(24)14-19)16-28-13-8-25-23(30)21(28)15-22(29)27-11-6-18(7-12-27)26-9-2-3-10-26/h4-5,14,18,21H,2-3,6-13,15-16H2,1H3,(H,25,30). The van der Waals surface area contributed by atoms with Crippen LogP contribution in [0.3, 0.4) is 0 Å². The number of piperazine rings is 1. The topological polar surface area (TPSA) is 65.1 Å². The fourth-order valence-corrected chi connectivity index (χ4v) is 5.06. The number of benzene rings is 1. The smallest absolute Gasteiger partial charge is 0.237 e. The highest BCUT2D eigenvalue weighted by atomic mass is 19.1. The molecule has 0 spiro atoms. The average molecular weight is 433 g/mol. The van der Waals surface area contributed by atoms with Crippen LogP contribution in [-0.2, 0) is 16.1 Å². The molecule has 0 saturated carbocycles. The van der Waals surface area contributed by atoms with Gasteiger partial charge in [-0.3, -0.25) is 14.5 Å². The highest BCUT2D eigenvalue weighted by Gasteiger charge is 2.35. The minimum absolute atomic E-state index is 0.0159. The molecular weight excluding hydrogens is 399 g/mol. The summed E-state index contributed by atoms with van der Waals surface area (Å²) in [5.74, 6) is -0.0383. The molecule has 1 unspecified atom stereocenters. The van der Waals surface area contributed by atoms with E-state index in [9.17, 15) is 14.0 Å². The van der Waals surface area contributed by atoms with E-state index in [1.165, 1.54) is 39.1 Å². The van der Waals surface area contributed by atoms with Crippen molar-refractivity contribution in [1.82, 2.24) is 20.0 Å². The van der Waals surface area contributed by atoms with Crippen LogP contribution >= 0.6 is 0 Å². The molecule has 7 nitrogen and oxygen atoms in total. The highest BCUT2D eigenvalue weighted by molar-refractivity contribution is 5.88. The number of nitrogens with one attached hydrogen (secondary N) is 1. The zero-order valence-corrected chi connectivity index (χ0v) is 18.3. The SMILES string of the molecule is COc1ccc(CN2CCNC(=O)C2CC(=O)N2CCC(N3CCCC3)CC2)c(F)c1. The van der Waals surface area contributed by atoms with Gasteiger partial charge in [0.15, 0.2) is 0 Å². The molecule has 8 heteroatoms. The summed E-state index contributed by atoms with van der Waals surface area (Å²) >= 11 is 0. The molecule has 3 aliphatic heterocycles. The van der Waals surface area contributed by atoms with Crippen LogP contribution in [0.5, 0.6) is 5.75 Å². The summed E-state index contributed by atoms with van der Waals surface area (Å²) in [7, 11) is 1.50. The molecule has 4 rings (SSSR count). The van der Waals surface area contributed by atoms with Gasteiger partial charge < -0.3 is 19.9 Å². The number of amides is 2. The first-order chi connectivity index (χ1) is 15.0. The minimum Gasteiger partial charge on any atom is -0.497 e. The molecule has 0 radical (unpaired) electrons. The van der Waals surface area contributed by atoms with Crippen molar-refractivity contribution in [3.63, 3.8) is 0 Å². The number of hydrogen-bond acceptors (Lipinski definition) is 5. The normalized spacial score (nSPS) is 23.7. The van der Waals surface area contributed by atoms with E-state index in [4.69, 9.17) is 4.74 Å². The van der Waals surface area contributed by atoms with Crippen LogP contribution in [0.1, 0.15) is 37.7 Å². The summed E-state index contributed by atoms with van der Waals surface area (Å²) in [5.41, 5.74) is 0.499. The first-order valence-electron chi connectivity index (χ1n) is 11.4. The Balaban J connectivity index is 1.36. The van der Waals surface area contributed by atoms with Gasteiger partial charge in [0, 0.05) is 50.4 Å². The lowest BCUT2D eigenvalue weighted by atomic mass is 10.0. The maximum atomic E-state index is 14.4. The predicted octanol–water partition coefficient (Wildman–Crippen LogP) is 1.61. The van der Waals surface area contributed by atoms with Gasteiger partial charge in [-0.05, 0) is 44.8 Å². The van der Waals surface area contributed by atoms with Crippen LogP contribution < -0.4 is 10.1 Å². The van der Waals surface area contributed by atoms with Gasteiger partial charge >= 0.3 is 0 Å². The van der Waals surface area contributed by atoms with Gasteiger partial charge in [-0.1, -0.05) is 6.07 Å². The van der Waals surface area contributed by atoms with Crippen molar-refractivity contribution in [3.8, 4) is 5.75 Å². The van der Waals surface area contributed by atoms with Crippen molar-refractivity contribution in [2.24, 2.45) is 0 Å². The number of carbonyl (C=O) groups excluding carboxylic acids is 2. The van der Waals surface area contributed by atoms with Gasteiger partial charge in [0.1, 0.15) is 11.6 Å². The van der Waals surface area contributed by atoms with Gasteiger partial charge in [-0.25, -0.2) is 4.39 Å². The Morgan fingerprint density at radius 3 is 2.58 bits per heavy atom. The molecule has 170 valence electrons. The number of piperidine rings is 1. The quantitative estimate of drug-likeness (QED) is 0.740. The zero-order chi connectivity index (χ0) is 21.8. The Kier molecular flexibility index (Phi) is 7.07. The van der Waals surface area contributed by atoms with Gasteiger partial charge in [0.05, 0.1) is 19.6 Å². The Bertz CT molecular complexity index is 791. The lowest BCUT2D eigenvalue weighted by molar-refractivity contribution is -0.140. The molecule has 2 amide bonds. The van der Waals surface area contributed by atoms with Gasteiger partial charge in [0.25, 0.3) is 0 Å². The van der Waals surface area contributed by atoms with Crippen molar-refractivity contribution >= 4 is 11.8 Å². The number of likely N-dealkylation sites (tertiary alicyclic amines) is 2. The summed E-state index contributed by atoms with van der Waals surface area (Å²) in [6, 6.07) is 4.76. The molecule has 3 heterocycles. The van der Waals surface area contributed by atoms with E-state index in [2.05, 4.69) is 10.2 Å².